The van der Waals surface area contributed by atoms with Crippen LogP contribution in [0.4, 0.5) is 5.82 Å². The third-order valence-corrected chi connectivity index (χ3v) is 3.28. The lowest BCUT2D eigenvalue weighted by atomic mass is 9.85. The summed E-state index contributed by atoms with van der Waals surface area (Å²) in [5.74, 6) is 2.19. The molecule has 0 saturated carbocycles. The van der Waals surface area contributed by atoms with E-state index in [0.717, 1.165) is 12.4 Å². The second kappa shape index (κ2) is 6.38. The number of primary amides is 1. The Bertz CT molecular complexity index is 377. The number of hydrogen-bond acceptors (Lipinski definition) is 3. The third kappa shape index (κ3) is 4.02. The molecule has 0 atom stereocenters. The highest BCUT2D eigenvalue weighted by molar-refractivity contribution is 5.92. The molecule has 0 spiro atoms. The molecule has 0 aromatic carbocycles. The molecule has 4 nitrogen and oxygen atoms in total. The van der Waals surface area contributed by atoms with Crippen LogP contribution < -0.4 is 11.1 Å². The Balaban J connectivity index is 2.60. The molecule has 0 aliphatic heterocycles. The van der Waals surface area contributed by atoms with Crippen molar-refractivity contribution in [2.75, 3.05) is 11.9 Å². The largest absolute Gasteiger partial charge is 0.370 e. The number of aromatic nitrogens is 1. The Hall–Kier alpha value is -1.58. The second-order valence-electron chi connectivity index (χ2n) is 5.33. The van der Waals surface area contributed by atoms with Crippen LogP contribution in [0.15, 0.2) is 18.3 Å². The van der Waals surface area contributed by atoms with Crippen LogP contribution >= 0.6 is 0 Å². The molecule has 100 valence electrons. The van der Waals surface area contributed by atoms with Crippen LogP contribution in [0.1, 0.15) is 38.1 Å². The average Bonchev–Trinajstić information content (AvgIpc) is 2.28. The minimum atomic E-state index is -0.448. The van der Waals surface area contributed by atoms with Crippen molar-refractivity contribution < 1.29 is 4.79 Å². The van der Waals surface area contributed by atoms with Crippen molar-refractivity contribution in [2.45, 2.75) is 27.7 Å². The van der Waals surface area contributed by atoms with Crippen molar-refractivity contribution in [3.05, 3.63) is 23.9 Å². The highest BCUT2D eigenvalue weighted by Crippen LogP contribution is 2.20. The number of nitrogens with one attached hydrogen (secondary N) is 1. The van der Waals surface area contributed by atoms with Gasteiger partial charge in [-0.05, 0) is 29.9 Å². The molecule has 1 heterocycles. The molecule has 1 amide bonds. The van der Waals surface area contributed by atoms with Crippen molar-refractivity contribution in [3.8, 4) is 0 Å². The van der Waals surface area contributed by atoms with E-state index in [4.69, 9.17) is 5.73 Å². The van der Waals surface area contributed by atoms with E-state index in [1.807, 2.05) is 0 Å². The molecule has 1 aromatic heterocycles. The van der Waals surface area contributed by atoms with Gasteiger partial charge in [-0.25, -0.2) is 4.98 Å². The Labute approximate surface area is 109 Å². The molecule has 4 heteroatoms. The first-order valence-corrected chi connectivity index (χ1v) is 6.41. The van der Waals surface area contributed by atoms with E-state index in [2.05, 4.69) is 38.0 Å². The predicted octanol–water partition coefficient (Wildman–Crippen LogP) is 2.52. The van der Waals surface area contributed by atoms with Crippen molar-refractivity contribution in [1.82, 2.24) is 4.98 Å². The van der Waals surface area contributed by atoms with Gasteiger partial charge in [-0.1, -0.05) is 27.7 Å². The zero-order valence-corrected chi connectivity index (χ0v) is 11.6. The lowest BCUT2D eigenvalue weighted by Gasteiger charge is -2.25. The molecule has 0 saturated heterocycles. The number of rotatable bonds is 6. The Morgan fingerprint density at radius 3 is 2.28 bits per heavy atom. The van der Waals surface area contributed by atoms with Gasteiger partial charge in [0.2, 0.25) is 5.91 Å². The maximum Gasteiger partial charge on any atom is 0.250 e. The zero-order chi connectivity index (χ0) is 13.7. The van der Waals surface area contributed by atoms with Gasteiger partial charge >= 0.3 is 0 Å². The lowest BCUT2D eigenvalue weighted by molar-refractivity contribution is 0.1000. The molecule has 0 radical (unpaired) electrons. The van der Waals surface area contributed by atoms with Crippen LogP contribution in [0.5, 0.6) is 0 Å². The van der Waals surface area contributed by atoms with E-state index >= 15 is 0 Å². The van der Waals surface area contributed by atoms with Crippen molar-refractivity contribution in [1.29, 1.82) is 0 Å². The van der Waals surface area contributed by atoms with Crippen LogP contribution in [0.2, 0.25) is 0 Å². The molecule has 0 fully saturated rings. The number of nitrogens with zero attached hydrogens (tertiary/aromatic N) is 1. The van der Waals surface area contributed by atoms with E-state index in [-0.39, 0.29) is 0 Å². The number of nitrogens with two attached hydrogens (primary N) is 1. The Morgan fingerprint density at radius 1 is 1.28 bits per heavy atom. The third-order valence-electron chi connectivity index (χ3n) is 3.28. The zero-order valence-electron chi connectivity index (χ0n) is 11.6. The molecular weight excluding hydrogens is 226 g/mol. The number of amides is 1. The SMILES string of the molecule is CC(C)C(CNc1ccc(C(N)=O)cn1)C(C)C. The first-order valence-electron chi connectivity index (χ1n) is 6.41. The van der Waals surface area contributed by atoms with Crippen molar-refractivity contribution >= 4 is 11.7 Å². The highest BCUT2D eigenvalue weighted by atomic mass is 16.1. The minimum Gasteiger partial charge on any atom is -0.370 e. The van der Waals surface area contributed by atoms with Gasteiger partial charge in [0.1, 0.15) is 5.82 Å². The summed E-state index contributed by atoms with van der Waals surface area (Å²) in [6.07, 6.45) is 1.50. The van der Waals surface area contributed by atoms with E-state index in [9.17, 15) is 4.79 Å². The van der Waals surface area contributed by atoms with Gasteiger partial charge < -0.3 is 11.1 Å². The predicted molar refractivity (Wildman–Crippen MR) is 74.4 cm³/mol. The maximum absolute atomic E-state index is 10.9. The number of carbonyl (C=O) groups excluding carboxylic acids is 1. The highest BCUT2D eigenvalue weighted by Gasteiger charge is 2.17. The Morgan fingerprint density at radius 2 is 1.89 bits per heavy atom. The average molecular weight is 249 g/mol. The van der Waals surface area contributed by atoms with E-state index in [1.165, 1.54) is 6.20 Å². The molecular formula is C14H23N3O. The first-order chi connectivity index (χ1) is 8.41. The second-order valence-corrected chi connectivity index (χ2v) is 5.33. The van der Waals surface area contributed by atoms with E-state index in [0.29, 0.717) is 23.3 Å². The summed E-state index contributed by atoms with van der Waals surface area (Å²) in [5.41, 5.74) is 5.60. The molecule has 0 aliphatic rings. The first kappa shape index (κ1) is 14.5. The number of pyridine rings is 1. The molecule has 0 unspecified atom stereocenters. The smallest absolute Gasteiger partial charge is 0.250 e. The van der Waals surface area contributed by atoms with Gasteiger partial charge in [0.25, 0.3) is 0 Å². The standard InChI is InChI=1S/C14H23N3O/c1-9(2)12(10(3)4)8-17-13-6-5-11(7-16-13)14(15)18/h5-7,9-10,12H,8H2,1-4H3,(H2,15,18)(H,16,17). The van der Waals surface area contributed by atoms with Gasteiger partial charge in [0.15, 0.2) is 0 Å². The van der Waals surface area contributed by atoms with Gasteiger partial charge in [-0.15, -0.1) is 0 Å². The number of hydrogen-bond donors (Lipinski definition) is 2. The summed E-state index contributed by atoms with van der Waals surface area (Å²) in [6, 6.07) is 3.48. The molecule has 0 bridgehead atoms. The summed E-state index contributed by atoms with van der Waals surface area (Å²) in [4.78, 5) is 15.1. The van der Waals surface area contributed by atoms with Gasteiger partial charge in [-0.2, -0.15) is 0 Å². The van der Waals surface area contributed by atoms with Gasteiger partial charge in [-0.3, -0.25) is 4.79 Å². The fraction of sp³-hybridized carbons (Fsp3) is 0.571. The summed E-state index contributed by atoms with van der Waals surface area (Å²) < 4.78 is 0. The molecule has 3 N–H and O–H groups in total. The van der Waals surface area contributed by atoms with Crippen LogP contribution in [-0.2, 0) is 0 Å². The molecule has 18 heavy (non-hydrogen) atoms. The van der Waals surface area contributed by atoms with Crippen molar-refractivity contribution in [3.63, 3.8) is 0 Å². The Kier molecular flexibility index (Phi) is 5.13. The maximum atomic E-state index is 10.9. The monoisotopic (exact) mass is 249 g/mol. The number of carbonyl (C=O) groups is 1. The lowest BCUT2D eigenvalue weighted by Crippen LogP contribution is -2.24. The fourth-order valence-corrected chi connectivity index (χ4v) is 2.11. The fourth-order valence-electron chi connectivity index (χ4n) is 2.11. The van der Waals surface area contributed by atoms with Crippen molar-refractivity contribution in [2.24, 2.45) is 23.5 Å². The summed E-state index contributed by atoms with van der Waals surface area (Å²) in [5, 5.41) is 3.31. The molecule has 0 aliphatic carbocycles. The van der Waals surface area contributed by atoms with Gasteiger partial charge in [0.05, 0.1) is 5.56 Å². The van der Waals surface area contributed by atoms with E-state index < -0.39 is 5.91 Å². The van der Waals surface area contributed by atoms with Crippen LogP contribution in [0, 0.1) is 17.8 Å². The molecule has 1 rings (SSSR count). The summed E-state index contributed by atoms with van der Waals surface area (Å²) in [6.45, 7) is 9.82. The summed E-state index contributed by atoms with van der Waals surface area (Å²) in [7, 11) is 0. The van der Waals surface area contributed by atoms with Crippen LogP contribution in [0.25, 0.3) is 0 Å². The topological polar surface area (TPSA) is 68.0 Å². The van der Waals surface area contributed by atoms with E-state index in [1.54, 1.807) is 12.1 Å². The molecule has 1 aromatic rings. The quantitative estimate of drug-likeness (QED) is 0.814. The number of anilines is 1. The van der Waals surface area contributed by atoms with Gasteiger partial charge in [0, 0.05) is 12.7 Å². The normalized spacial score (nSPS) is 11.3. The summed E-state index contributed by atoms with van der Waals surface area (Å²) >= 11 is 0. The minimum absolute atomic E-state index is 0.435. The van der Waals surface area contributed by atoms with Crippen LogP contribution in [0.3, 0.4) is 0 Å². The van der Waals surface area contributed by atoms with Crippen LogP contribution in [-0.4, -0.2) is 17.4 Å².